The van der Waals surface area contributed by atoms with Crippen LogP contribution in [0, 0.1) is 0 Å². The molecule has 0 radical (unpaired) electrons. The largest absolute Gasteiger partial charge is 0.508 e. The quantitative estimate of drug-likeness (QED) is 0.738. The second kappa shape index (κ2) is 5.90. The average Bonchev–Trinajstić information content (AvgIpc) is 2.87. The van der Waals surface area contributed by atoms with Gasteiger partial charge in [-0.25, -0.2) is 4.79 Å². The van der Waals surface area contributed by atoms with E-state index in [-0.39, 0.29) is 5.75 Å². The van der Waals surface area contributed by atoms with Gasteiger partial charge >= 0.3 is 5.97 Å². The fourth-order valence-electron chi connectivity index (χ4n) is 2.06. The molecule has 0 aliphatic rings. The van der Waals surface area contributed by atoms with Crippen LogP contribution in [0.15, 0.2) is 52.3 Å². The molecule has 6 heteroatoms. The van der Waals surface area contributed by atoms with Crippen LogP contribution in [0.2, 0.25) is 0 Å². The second-order valence-electron chi connectivity index (χ2n) is 4.52. The number of carboxylic acids is 1. The SMILES string of the molecule is COc1ccc2sc(C(=O)O)c(Sc3ccc(O)cc3)c2c1. The minimum absolute atomic E-state index is 0.180. The van der Waals surface area contributed by atoms with Gasteiger partial charge in [0.1, 0.15) is 16.4 Å². The Balaban J connectivity index is 2.13. The Morgan fingerprint density at radius 2 is 1.91 bits per heavy atom. The van der Waals surface area contributed by atoms with Crippen molar-refractivity contribution in [2.24, 2.45) is 0 Å². The maximum Gasteiger partial charge on any atom is 0.347 e. The highest BCUT2D eigenvalue weighted by molar-refractivity contribution is 7.99. The van der Waals surface area contributed by atoms with Gasteiger partial charge in [0, 0.05) is 19.9 Å². The Bertz CT molecular complexity index is 837. The molecule has 4 nitrogen and oxygen atoms in total. The number of carboxylic acid groups (broad SMARTS) is 1. The number of thiophene rings is 1. The first-order valence-electron chi connectivity index (χ1n) is 6.39. The monoisotopic (exact) mass is 332 g/mol. The van der Waals surface area contributed by atoms with Gasteiger partial charge in [-0.2, -0.15) is 0 Å². The van der Waals surface area contributed by atoms with E-state index in [1.54, 1.807) is 31.4 Å². The Morgan fingerprint density at radius 1 is 1.18 bits per heavy atom. The van der Waals surface area contributed by atoms with Crippen LogP contribution in [0.4, 0.5) is 0 Å². The number of hydrogen-bond acceptors (Lipinski definition) is 5. The van der Waals surface area contributed by atoms with Crippen LogP contribution in [0.5, 0.6) is 11.5 Å². The summed E-state index contributed by atoms with van der Waals surface area (Å²) in [5, 5.41) is 19.6. The lowest BCUT2D eigenvalue weighted by atomic mass is 10.2. The molecule has 22 heavy (non-hydrogen) atoms. The van der Waals surface area contributed by atoms with Crippen molar-refractivity contribution in [3.05, 3.63) is 47.3 Å². The predicted molar refractivity (Wildman–Crippen MR) is 87.6 cm³/mol. The van der Waals surface area contributed by atoms with Crippen molar-refractivity contribution in [3.8, 4) is 11.5 Å². The molecule has 112 valence electrons. The van der Waals surface area contributed by atoms with Gasteiger partial charge in [0.05, 0.1) is 7.11 Å². The number of ether oxygens (including phenoxy) is 1. The Kier molecular flexibility index (Phi) is 3.96. The van der Waals surface area contributed by atoms with E-state index in [1.165, 1.54) is 23.1 Å². The minimum atomic E-state index is -0.943. The number of aromatic carboxylic acids is 1. The molecule has 0 saturated carbocycles. The zero-order valence-electron chi connectivity index (χ0n) is 11.6. The molecule has 0 bridgehead atoms. The average molecular weight is 332 g/mol. The Hall–Kier alpha value is -2.18. The molecule has 0 aliphatic carbocycles. The van der Waals surface area contributed by atoms with Gasteiger partial charge in [-0.1, -0.05) is 11.8 Å². The summed E-state index contributed by atoms with van der Waals surface area (Å²) in [6, 6.07) is 12.2. The highest BCUT2D eigenvalue weighted by Crippen LogP contribution is 2.43. The number of benzene rings is 2. The van der Waals surface area contributed by atoms with Gasteiger partial charge in [-0.05, 0) is 42.5 Å². The highest BCUT2D eigenvalue weighted by Gasteiger charge is 2.19. The fourth-order valence-corrected chi connectivity index (χ4v) is 4.25. The van der Waals surface area contributed by atoms with E-state index in [0.29, 0.717) is 15.5 Å². The zero-order valence-corrected chi connectivity index (χ0v) is 13.2. The van der Waals surface area contributed by atoms with E-state index in [1.807, 2.05) is 18.2 Å². The molecular formula is C16H12O4S2. The van der Waals surface area contributed by atoms with Crippen molar-refractivity contribution in [2.45, 2.75) is 9.79 Å². The number of carbonyl (C=O) groups is 1. The number of fused-ring (bicyclic) bond motifs is 1. The number of phenolic OH excluding ortho intramolecular Hbond substituents is 1. The number of phenols is 1. The molecule has 1 heterocycles. The third-order valence-corrected chi connectivity index (χ3v) is 5.52. The molecule has 3 aromatic rings. The first kappa shape index (κ1) is 14.7. The van der Waals surface area contributed by atoms with Gasteiger partial charge in [-0.15, -0.1) is 11.3 Å². The summed E-state index contributed by atoms with van der Waals surface area (Å²) in [6.07, 6.45) is 0. The third-order valence-electron chi connectivity index (χ3n) is 3.10. The summed E-state index contributed by atoms with van der Waals surface area (Å²) < 4.78 is 6.13. The fraction of sp³-hybridized carbons (Fsp3) is 0.0625. The molecule has 0 saturated heterocycles. The molecule has 0 atom stereocenters. The van der Waals surface area contributed by atoms with Gasteiger partial charge in [-0.3, -0.25) is 0 Å². The van der Waals surface area contributed by atoms with Crippen molar-refractivity contribution < 1.29 is 19.7 Å². The van der Waals surface area contributed by atoms with Crippen molar-refractivity contribution in [1.29, 1.82) is 0 Å². The maximum absolute atomic E-state index is 11.5. The first-order chi connectivity index (χ1) is 10.6. The summed E-state index contributed by atoms with van der Waals surface area (Å²) in [4.78, 5) is 13.4. The van der Waals surface area contributed by atoms with E-state index in [0.717, 1.165) is 15.0 Å². The van der Waals surface area contributed by atoms with E-state index in [2.05, 4.69) is 0 Å². The van der Waals surface area contributed by atoms with Crippen LogP contribution in [0.25, 0.3) is 10.1 Å². The minimum Gasteiger partial charge on any atom is -0.508 e. The lowest BCUT2D eigenvalue weighted by molar-refractivity contribution is 0.0699. The van der Waals surface area contributed by atoms with E-state index < -0.39 is 5.97 Å². The summed E-state index contributed by atoms with van der Waals surface area (Å²) in [7, 11) is 1.58. The van der Waals surface area contributed by atoms with Crippen molar-refractivity contribution in [2.75, 3.05) is 7.11 Å². The summed E-state index contributed by atoms with van der Waals surface area (Å²) in [5.41, 5.74) is 0. The molecule has 0 spiro atoms. The van der Waals surface area contributed by atoms with Gasteiger partial charge in [0.25, 0.3) is 0 Å². The summed E-state index contributed by atoms with van der Waals surface area (Å²) in [5.74, 6) is -0.0732. The number of rotatable bonds is 4. The standard InChI is InChI=1S/C16H12O4S2/c1-20-10-4-7-13-12(8-10)14(15(22-13)16(18)19)21-11-5-2-9(17)3-6-11/h2-8,17H,1H3,(H,18,19). The van der Waals surface area contributed by atoms with Gasteiger partial charge < -0.3 is 14.9 Å². The van der Waals surface area contributed by atoms with E-state index in [9.17, 15) is 15.0 Å². The van der Waals surface area contributed by atoms with E-state index >= 15 is 0 Å². The molecular weight excluding hydrogens is 320 g/mol. The molecule has 2 aromatic carbocycles. The van der Waals surface area contributed by atoms with Gasteiger partial charge in [0.2, 0.25) is 0 Å². The smallest absolute Gasteiger partial charge is 0.347 e. The van der Waals surface area contributed by atoms with Crippen molar-refractivity contribution in [1.82, 2.24) is 0 Å². The lowest BCUT2D eigenvalue weighted by Crippen LogP contribution is -1.93. The van der Waals surface area contributed by atoms with Crippen LogP contribution in [-0.2, 0) is 0 Å². The van der Waals surface area contributed by atoms with Crippen molar-refractivity contribution >= 4 is 39.2 Å². The summed E-state index contributed by atoms with van der Waals surface area (Å²) in [6.45, 7) is 0. The van der Waals surface area contributed by atoms with Crippen LogP contribution in [0.1, 0.15) is 9.67 Å². The Morgan fingerprint density at radius 3 is 2.55 bits per heavy atom. The zero-order chi connectivity index (χ0) is 15.7. The molecule has 2 N–H and O–H groups in total. The Labute approximate surface area is 135 Å². The molecule has 3 rings (SSSR count). The first-order valence-corrected chi connectivity index (χ1v) is 8.02. The van der Waals surface area contributed by atoms with E-state index in [4.69, 9.17) is 4.74 Å². The topological polar surface area (TPSA) is 66.8 Å². The molecule has 0 aliphatic heterocycles. The second-order valence-corrected chi connectivity index (χ2v) is 6.66. The maximum atomic E-state index is 11.5. The molecule has 1 aromatic heterocycles. The highest BCUT2D eigenvalue weighted by atomic mass is 32.2. The number of hydrogen-bond donors (Lipinski definition) is 2. The van der Waals surface area contributed by atoms with Gasteiger partial charge in [0.15, 0.2) is 0 Å². The number of aromatic hydroxyl groups is 1. The molecule has 0 amide bonds. The normalized spacial score (nSPS) is 10.8. The van der Waals surface area contributed by atoms with Crippen LogP contribution < -0.4 is 4.74 Å². The predicted octanol–water partition coefficient (Wildman–Crippen LogP) is 4.46. The lowest BCUT2D eigenvalue weighted by Gasteiger charge is -2.04. The van der Waals surface area contributed by atoms with Crippen LogP contribution >= 0.6 is 23.1 Å². The van der Waals surface area contributed by atoms with Crippen LogP contribution in [0.3, 0.4) is 0 Å². The summed E-state index contributed by atoms with van der Waals surface area (Å²) >= 11 is 2.62. The third kappa shape index (κ3) is 2.75. The molecule has 0 fully saturated rings. The van der Waals surface area contributed by atoms with Crippen LogP contribution in [-0.4, -0.2) is 23.3 Å². The van der Waals surface area contributed by atoms with Crippen molar-refractivity contribution in [3.63, 3.8) is 0 Å². The molecule has 0 unspecified atom stereocenters. The number of methoxy groups -OCH3 is 1.